The van der Waals surface area contributed by atoms with E-state index in [0.717, 1.165) is 97.4 Å². The van der Waals surface area contributed by atoms with Crippen LogP contribution in [0.25, 0.3) is 32.7 Å². The van der Waals surface area contributed by atoms with Gasteiger partial charge in [-0.05, 0) is 93.9 Å². The van der Waals surface area contributed by atoms with Gasteiger partial charge in [0.15, 0.2) is 0 Å². The quantitative estimate of drug-likeness (QED) is 0.0545. The Bertz CT molecular complexity index is 3870. The number of aromatic nitrogens is 6. The average Bonchev–Trinajstić information content (AvgIpc) is 0.903. The van der Waals surface area contributed by atoms with Crippen LogP contribution in [0.3, 0.4) is 0 Å². The lowest BCUT2D eigenvalue weighted by Crippen LogP contribution is -2.43. The zero-order chi connectivity index (χ0) is 65.4. The Balaban J connectivity index is 0.000000162. The molecule has 9 aromatic rings. The summed E-state index contributed by atoms with van der Waals surface area (Å²) in [5.74, 6) is 2.32. The number of anilines is 5. The number of alkyl halides is 6. The molecule has 0 saturated carbocycles. The number of hydrogen-bond acceptors (Lipinski definition) is 16. The van der Waals surface area contributed by atoms with Crippen LogP contribution in [0.2, 0.25) is 0 Å². The van der Waals surface area contributed by atoms with Crippen LogP contribution in [0.5, 0.6) is 17.2 Å². The van der Waals surface area contributed by atoms with Crippen molar-refractivity contribution >= 4 is 77.5 Å². The molecule has 5 heterocycles. The molecule has 16 nitrogen and oxygen atoms in total. The van der Waals surface area contributed by atoms with E-state index in [1.54, 1.807) is 75.0 Å². The minimum atomic E-state index is -2.88. The van der Waals surface area contributed by atoms with Crippen LogP contribution in [0, 0.1) is 38.2 Å². The smallest absolute Gasteiger partial charge is 0.266 e. The van der Waals surface area contributed by atoms with Gasteiger partial charge in [0.2, 0.25) is 0 Å². The molecule has 0 amide bonds. The molecule has 3 atom stereocenters. The second kappa shape index (κ2) is 29.6. The molecule has 0 bridgehead atoms. The second-order valence-corrected chi connectivity index (χ2v) is 22.5. The molecular weight excluding hydrogens is 1260 g/mol. The molecule has 26 heteroatoms. The van der Waals surface area contributed by atoms with Crippen LogP contribution in [0.4, 0.5) is 68.3 Å². The number of methoxy groups -OCH3 is 3. The highest BCUT2D eigenvalue weighted by Gasteiger charge is 2.26. The number of benzene rings is 6. The van der Waals surface area contributed by atoms with E-state index in [4.69, 9.17) is 14.2 Å². The number of piperazine rings is 2. The standard InChI is InChI=1S/2C23H26F3N5O.C19H17BrF3N3O/c2*1-13(15-5-4-6-16(21(15)24)22(25)26)28-23-17-11-20(32-3)19(31-9-7-27-8-10-31)12-18(17)29-14(2)30-23;1-9(11-5-4-6-12(17(11)21)18(22)23)24-19-13-7-16(27-3)14(20)8-15(13)25-10(2)26-19/h2*4-6,11-13,22,27H,7-10H2,1-3H3,(H,28,29,30);4-9,18H,1-3H3,(H,24,25,26)/t2*13-;9-/m111/s1. The lowest BCUT2D eigenvalue weighted by molar-refractivity contribution is 0.145. The lowest BCUT2D eigenvalue weighted by Gasteiger charge is -2.31. The first-order valence-electron chi connectivity index (χ1n) is 29.2. The Labute approximate surface area is 528 Å². The van der Waals surface area contributed by atoms with Crippen molar-refractivity contribution in [2.75, 3.05) is 99.4 Å². The first-order chi connectivity index (χ1) is 43.6. The summed E-state index contributed by atoms with van der Waals surface area (Å²) in [6, 6.07) is 21.5. The van der Waals surface area contributed by atoms with Crippen molar-refractivity contribution in [1.82, 2.24) is 40.5 Å². The van der Waals surface area contributed by atoms with E-state index in [9.17, 15) is 39.5 Å². The summed E-state index contributed by atoms with van der Waals surface area (Å²) < 4.78 is 140. The van der Waals surface area contributed by atoms with Crippen molar-refractivity contribution in [1.29, 1.82) is 0 Å². The number of nitrogens with zero attached hydrogens (tertiary/aromatic N) is 8. The molecule has 6 aromatic carbocycles. The summed E-state index contributed by atoms with van der Waals surface area (Å²) >= 11 is 3.42. The fourth-order valence-corrected chi connectivity index (χ4v) is 11.4. The molecule has 482 valence electrons. The van der Waals surface area contributed by atoms with Gasteiger partial charge in [0.25, 0.3) is 19.3 Å². The second-order valence-electron chi connectivity index (χ2n) is 21.7. The first-order valence-corrected chi connectivity index (χ1v) is 30.0. The molecule has 5 N–H and O–H groups in total. The molecule has 2 aliphatic rings. The Morgan fingerprint density at radius 3 is 1.01 bits per heavy atom. The fourth-order valence-electron chi connectivity index (χ4n) is 11.0. The van der Waals surface area contributed by atoms with E-state index in [0.29, 0.717) is 73.9 Å². The maximum atomic E-state index is 14.7. The maximum Gasteiger partial charge on any atom is 0.266 e. The van der Waals surface area contributed by atoms with Crippen molar-refractivity contribution in [3.05, 3.63) is 164 Å². The van der Waals surface area contributed by atoms with E-state index >= 15 is 0 Å². The van der Waals surface area contributed by atoms with Crippen molar-refractivity contribution in [2.45, 2.75) is 78.9 Å². The molecule has 3 aromatic heterocycles. The van der Waals surface area contributed by atoms with Crippen LogP contribution < -0.4 is 50.6 Å². The Morgan fingerprint density at radius 2 is 0.714 bits per heavy atom. The predicted molar refractivity (Wildman–Crippen MR) is 341 cm³/mol. The fraction of sp³-hybridized carbons (Fsp3) is 0.354. The highest BCUT2D eigenvalue weighted by Crippen LogP contribution is 2.40. The van der Waals surface area contributed by atoms with Crippen LogP contribution >= 0.6 is 15.9 Å². The minimum absolute atomic E-state index is 0.140. The van der Waals surface area contributed by atoms with Gasteiger partial charge in [-0.3, -0.25) is 0 Å². The van der Waals surface area contributed by atoms with Gasteiger partial charge in [-0.1, -0.05) is 54.6 Å². The highest BCUT2D eigenvalue weighted by molar-refractivity contribution is 9.10. The average molecular weight is 1330 g/mol. The van der Waals surface area contributed by atoms with Crippen molar-refractivity contribution in [3.63, 3.8) is 0 Å². The van der Waals surface area contributed by atoms with E-state index in [2.05, 4.69) is 82.2 Å². The number of nitrogens with one attached hydrogen (secondary N) is 5. The van der Waals surface area contributed by atoms with Gasteiger partial charge < -0.3 is 50.6 Å². The van der Waals surface area contributed by atoms with E-state index in [1.807, 2.05) is 24.3 Å². The normalized spacial score (nSPS) is 14.4. The monoisotopic (exact) mass is 1330 g/mol. The van der Waals surface area contributed by atoms with Crippen molar-refractivity contribution < 1.29 is 53.7 Å². The van der Waals surface area contributed by atoms with Gasteiger partial charge in [-0.25, -0.2) is 69.4 Å². The zero-order valence-corrected chi connectivity index (χ0v) is 52.9. The topological polar surface area (TPSA) is 172 Å². The predicted octanol–water partition coefficient (Wildman–Crippen LogP) is 15.2. The molecule has 2 saturated heterocycles. The van der Waals surface area contributed by atoms with Crippen LogP contribution in [0.15, 0.2) is 95.5 Å². The van der Waals surface area contributed by atoms with Gasteiger partial charge in [0.1, 0.15) is 69.6 Å². The number of fused-ring (bicyclic) bond motifs is 3. The SMILES string of the molecule is COc1cc2c(N[C@H](C)c3cccc(C(F)F)c3F)nc(C)nc2cc1Br.COc1cc2c(N[C@H](C)c3cccc(C(F)F)c3F)nc(C)nc2cc1N1CCNCC1.COc1cc2c(N[C@H](C)c3cccc(C(F)F)c3F)nc(C)nc2cc1N1CCNCC1. The van der Waals surface area contributed by atoms with Crippen LogP contribution in [-0.2, 0) is 0 Å². The van der Waals surface area contributed by atoms with E-state index in [1.165, 1.54) is 36.4 Å². The Kier molecular flexibility index (Phi) is 21.8. The summed E-state index contributed by atoms with van der Waals surface area (Å²) in [6.45, 7) is 17.4. The number of ether oxygens (including phenoxy) is 3. The summed E-state index contributed by atoms with van der Waals surface area (Å²) in [7, 11) is 4.77. The molecule has 11 rings (SSSR count). The number of rotatable bonds is 17. The lowest BCUT2D eigenvalue weighted by atomic mass is 10.0. The Morgan fingerprint density at radius 1 is 0.429 bits per heavy atom. The van der Waals surface area contributed by atoms with Gasteiger partial charge in [0.05, 0.1) is 88.5 Å². The number of halogens is 10. The molecule has 2 aliphatic heterocycles. The first kappa shape index (κ1) is 66.9. The summed E-state index contributed by atoms with van der Waals surface area (Å²) in [6.07, 6.45) is -8.63. The Hall–Kier alpha value is -8.49. The highest BCUT2D eigenvalue weighted by atomic mass is 79.9. The van der Waals surface area contributed by atoms with Crippen LogP contribution in [0.1, 0.15) is 109 Å². The van der Waals surface area contributed by atoms with Crippen molar-refractivity contribution in [3.8, 4) is 17.2 Å². The van der Waals surface area contributed by atoms with Gasteiger partial charge in [0, 0.05) is 85.2 Å². The zero-order valence-electron chi connectivity index (χ0n) is 51.4. The number of hydrogen-bond donors (Lipinski definition) is 5. The molecular formula is C65H69BrF9N13O3. The van der Waals surface area contributed by atoms with Gasteiger partial charge in [-0.15, -0.1) is 0 Å². The molecule has 0 aliphatic carbocycles. The van der Waals surface area contributed by atoms with Crippen LogP contribution in [-0.4, -0.2) is 104 Å². The minimum Gasteiger partial charge on any atom is -0.496 e. The third-order valence-electron chi connectivity index (χ3n) is 15.6. The van der Waals surface area contributed by atoms with Gasteiger partial charge >= 0.3 is 0 Å². The summed E-state index contributed by atoms with van der Waals surface area (Å²) in [4.78, 5) is 31.4. The third-order valence-corrected chi connectivity index (χ3v) is 16.2. The maximum absolute atomic E-state index is 14.7. The molecule has 0 unspecified atom stereocenters. The number of aryl methyl sites for hydroxylation is 3. The van der Waals surface area contributed by atoms with Crippen molar-refractivity contribution in [2.24, 2.45) is 0 Å². The molecule has 2 fully saturated rings. The molecule has 91 heavy (non-hydrogen) atoms. The van der Waals surface area contributed by atoms with E-state index in [-0.39, 0.29) is 16.7 Å². The summed E-state index contributed by atoms with van der Waals surface area (Å²) in [5, 5.41) is 18.3. The largest absolute Gasteiger partial charge is 0.496 e. The van der Waals surface area contributed by atoms with E-state index < -0.39 is 71.5 Å². The molecule has 0 radical (unpaired) electrons. The summed E-state index contributed by atoms with van der Waals surface area (Å²) in [5.41, 5.74) is 2.64. The molecule has 0 spiro atoms. The van der Waals surface area contributed by atoms with Gasteiger partial charge in [-0.2, -0.15) is 0 Å². The third kappa shape index (κ3) is 15.3.